The summed E-state index contributed by atoms with van der Waals surface area (Å²) in [6.45, 7) is 2.06. The van der Waals surface area contributed by atoms with Gasteiger partial charge in [-0.25, -0.2) is 0 Å². The maximum Gasteiger partial charge on any atom is 0.134 e. The minimum Gasteiger partial charge on any atom is -0.459 e. The van der Waals surface area contributed by atoms with Gasteiger partial charge in [0.2, 0.25) is 0 Å². The van der Waals surface area contributed by atoms with E-state index in [1.807, 2.05) is 42.5 Å². The van der Waals surface area contributed by atoms with E-state index in [1.165, 1.54) is 0 Å². The van der Waals surface area contributed by atoms with E-state index < -0.39 is 0 Å². The van der Waals surface area contributed by atoms with E-state index in [2.05, 4.69) is 34.2 Å². The Balaban J connectivity index is 1.89. The van der Waals surface area contributed by atoms with Gasteiger partial charge in [0.15, 0.2) is 0 Å². The molecule has 0 saturated carbocycles. The average molecular weight is 351 g/mol. The first-order valence-electron chi connectivity index (χ1n) is 6.34. The fourth-order valence-electron chi connectivity index (χ4n) is 2.14. The number of hydrogen-bond acceptors (Lipinski definition) is 2. The zero-order valence-electron chi connectivity index (χ0n) is 10.9. The Kier molecular flexibility index (Phi) is 3.72. The molecule has 0 fully saturated rings. The predicted octanol–water partition coefficient (Wildman–Crippen LogP) is 6.02. The molecular weight excluding hydrogens is 338 g/mol. The van der Waals surface area contributed by atoms with Crippen LogP contribution in [0.2, 0.25) is 5.02 Å². The highest BCUT2D eigenvalue weighted by Crippen LogP contribution is 2.33. The molecule has 0 aliphatic rings. The highest BCUT2D eigenvalue weighted by Gasteiger charge is 2.13. The van der Waals surface area contributed by atoms with Gasteiger partial charge < -0.3 is 9.73 Å². The standard InChI is InChI=1S/C16H13BrClNO/c1-10(19-13-7-4-6-12(18)16(13)17)15-9-11-5-2-3-8-14(11)20-15/h2-10,19H,1H3. The van der Waals surface area contributed by atoms with Crippen molar-refractivity contribution in [2.75, 3.05) is 5.32 Å². The number of halogens is 2. The molecule has 1 aromatic heterocycles. The van der Waals surface area contributed by atoms with Crippen molar-refractivity contribution in [3.8, 4) is 0 Å². The first kappa shape index (κ1) is 13.5. The molecule has 0 radical (unpaired) electrons. The highest BCUT2D eigenvalue weighted by molar-refractivity contribution is 9.10. The van der Waals surface area contributed by atoms with Crippen LogP contribution in [0.1, 0.15) is 18.7 Å². The van der Waals surface area contributed by atoms with Crippen LogP contribution in [0.5, 0.6) is 0 Å². The van der Waals surface area contributed by atoms with Gasteiger partial charge in [-0.05, 0) is 47.1 Å². The fraction of sp³-hybridized carbons (Fsp3) is 0.125. The summed E-state index contributed by atoms with van der Waals surface area (Å²) in [5.74, 6) is 0.901. The van der Waals surface area contributed by atoms with Gasteiger partial charge in [0.05, 0.1) is 21.2 Å². The summed E-state index contributed by atoms with van der Waals surface area (Å²) >= 11 is 9.59. The summed E-state index contributed by atoms with van der Waals surface area (Å²) in [7, 11) is 0. The third-order valence-corrected chi connectivity index (χ3v) is 4.59. The van der Waals surface area contributed by atoms with Gasteiger partial charge in [-0.2, -0.15) is 0 Å². The number of furan rings is 1. The van der Waals surface area contributed by atoms with Crippen LogP contribution in [0, 0.1) is 0 Å². The lowest BCUT2D eigenvalue weighted by Gasteiger charge is -2.14. The van der Waals surface area contributed by atoms with Crippen LogP contribution in [0.25, 0.3) is 11.0 Å². The lowest BCUT2D eigenvalue weighted by atomic mass is 10.2. The predicted molar refractivity (Wildman–Crippen MR) is 87.4 cm³/mol. The lowest BCUT2D eigenvalue weighted by Crippen LogP contribution is -2.05. The summed E-state index contributed by atoms with van der Waals surface area (Å²) < 4.78 is 6.73. The molecule has 0 amide bonds. The minimum atomic E-state index is 0.0529. The first-order valence-corrected chi connectivity index (χ1v) is 7.51. The van der Waals surface area contributed by atoms with Crippen LogP contribution in [0.3, 0.4) is 0 Å². The minimum absolute atomic E-state index is 0.0529. The molecule has 2 nitrogen and oxygen atoms in total. The largest absolute Gasteiger partial charge is 0.459 e. The van der Waals surface area contributed by atoms with E-state index in [-0.39, 0.29) is 6.04 Å². The molecule has 0 spiro atoms. The molecule has 3 aromatic rings. The summed E-state index contributed by atoms with van der Waals surface area (Å²) in [5.41, 5.74) is 1.85. The number of rotatable bonds is 3. The maximum absolute atomic E-state index is 6.10. The Morgan fingerprint density at radius 2 is 1.95 bits per heavy atom. The molecule has 20 heavy (non-hydrogen) atoms. The fourth-order valence-corrected chi connectivity index (χ4v) is 2.69. The van der Waals surface area contributed by atoms with Gasteiger partial charge in [-0.3, -0.25) is 0 Å². The molecule has 0 aliphatic carbocycles. The van der Waals surface area contributed by atoms with E-state index in [0.29, 0.717) is 5.02 Å². The zero-order chi connectivity index (χ0) is 14.1. The van der Waals surface area contributed by atoms with E-state index in [1.54, 1.807) is 0 Å². The summed E-state index contributed by atoms with van der Waals surface area (Å²) in [6, 6.07) is 15.9. The van der Waals surface area contributed by atoms with Crippen molar-refractivity contribution in [2.45, 2.75) is 13.0 Å². The molecule has 1 atom stereocenters. The van der Waals surface area contributed by atoms with Crippen LogP contribution in [-0.4, -0.2) is 0 Å². The van der Waals surface area contributed by atoms with Gasteiger partial charge >= 0.3 is 0 Å². The highest BCUT2D eigenvalue weighted by atomic mass is 79.9. The number of hydrogen-bond donors (Lipinski definition) is 1. The summed E-state index contributed by atoms with van der Waals surface area (Å²) in [4.78, 5) is 0. The molecule has 1 unspecified atom stereocenters. The first-order chi connectivity index (χ1) is 9.65. The topological polar surface area (TPSA) is 25.2 Å². The molecular formula is C16H13BrClNO. The van der Waals surface area contributed by atoms with Crippen LogP contribution in [0.4, 0.5) is 5.69 Å². The molecule has 0 bridgehead atoms. The normalized spacial score (nSPS) is 12.6. The molecule has 0 aliphatic heterocycles. The third-order valence-electron chi connectivity index (χ3n) is 3.19. The number of anilines is 1. The van der Waals surface area contributed by atoms with E-state index in [0.717, 1.165) is 26.9 Å². The van der Waals surface area contributed by atoms with Gasteiger partial charge in [-0.1, -0.05) is 35.9 Å². The monoisotopic (exact) mass is 349 g/mol. The SMILES string of the molecule is CC(Nc1cccc(Cl)c1Br)c1cc2ccccc2o1. The molecule has 1 heterocycles. The third kappa shape index (κ3) is 2.56. The smallest absolute Gasteiger partial charge is 0.134 e. The molecule has 0 saturated heterocycles. The Bertz CT molecular complexity index is 720. The van der Waals surface area contributed by atoms with Crippen LogP contribution in [-0.2, 0) is 0 Å². The van der Waals surface area contributed by atoms with Gasteiger partial charge in [-0.15, -0.1) is 0 Å². The molecule has 3 rings (SSSR count). The Morgan fingerprint density at radius 1 is 1.15 bits per heavy atom. The molecule has 2 aromatic carbocycles. The van der Waals surface area contributed by atoms with Crippen molar-refractivity contribution >= 4 is 44.2 Å². The van der Waals surface area contributed by atoms with Crippen molar-refractivity contribution in [1.29, 1.82) is 0 Å². The maximum atomic E-state index is 6.10. The van der Waals surface area contributed by atoms with Crippen LogP contribution in [0.15, 0.2) is 57.4 Å². The van der Waals surface area contributed by atoms with Crippen molar-refractivity contribution in [3.63, 3.8) is 0 Å². The number of para-hydroxylation sites is 1. The van der Waals surface area contributed by atoms with Crippen molar-refractivity contribution in [3.05, 3.63) is 63.8 Å². The second-order valence-electron chi connectivity index (χ2n) is 4.65. The Morgan fingerprint density at radius 3 is 2.75 bits per heavy atom. The number of nitrogens with one attached hydrogen (secondary N) is 1. The second kappa shape index (κ2) is 5.51. The average Bonchev–Trinajstić information content (AvgIpc) is 2.88. The number of benzene rings is 2. The van der Waals surface area contributed by atoms with Crippen LogP contribution >= 0.6 is 27.5 Å². The van der Waals surface area contributed by atoms with Crippen molar-refractivity contribution in [2.24, 2.45) is 0 Å². The summed E-state index contributed by atoms with van der Waals surface area (Å²) in [5, 5.41) is 5.20. The van der Waals surface area contributed by atoms with Crippen molar-refractivity contribution < 1.29 is 4.42 Å². The quantitative estimate of drug-likeness (QED) is 0.624. The lowest BCUT2D eigenvalue weighted by molar-refractivity contribution is 0.526. The second-order valence-corrected chi connectivity index (χ2v) is 5.85. The zero-order valence-corrected chi connectivity index (χ0v) is 13.2. The Hall–Kier alpha value is -1.45. The van der Waals surface area contributed by atoms with Gasteiger partial charge in [0.1, 0.15) is 11.3 Å². The summed E-state index contributed by atoms with van der Waals surface area (Å²) in [6.07, 6.45) is 0. The van der Waals surface area contributed by atoms with Crippen LogP contribution < -0.4 is 5.32 Å². The van der Waals surface area contributed by atoms with Gasteiger partial charge in [0.25, 0.3) is 0 Å². The van der Waals surface area contributed by atoms with E-state index in [9.17, 15) is 0 Å². The molecule has 4 heteroatoms. The van der Waals surface area contributed by atoms with Gasteiger partial charge in [0, 0.05) is 5.39 Å². The molecule has 1 N–H and O–H groups in total. The molecule has 102 valence electrons. The van der Waals surface area contributed by atoms with E-state index in [4.69, 9.17) is 16.0 Å². The van der Waals surface area contributed by atoms with Crippen molar-refractivity contribution in [1.82, 2.24) is 0 Å². The Labute approximate surface area is 130 Å². The van der Waals surface area contributed by atoms with E-state index >= 15 is 0 Å². The number of fused-ring (bicyclic) bond motifs is 1.